The average Bonchev–Trinajstić information content (AvgIpc) is 3.17. The molecular weight excluding hydrogens is 434 g/mol. The van der Waals surface area contributed by atoms with E-state index in [-0.39, 0.29) is 17.7 Å². The minimum atomic E-state index is -0.124. The summed E-state index contributed by atoms with van der Waals surface area (Å²) < 4.78 is 2.07. The van der Waals surface area contributed by atoms with Crippen LogP contribution in [0.5, 0.6) is 0 Å². The molecule has 1 heterocycles. The van der Waals surface area contributed by atoms with Gasteiger partial charge in [0.25, 0.3) is 5.91 Å². The summed E-state index contributed by atoms with van der Waals surface area (Å²) in [7, 11) is 0. The predicted octanol–water partition coefficient (Wildman–Crippen LogP) is 6.22. The van der Waals surface area contributed by atoms with Gasteiger partial charge >= 0.3 is 0 Å². The fraction of sp³-hybridized carbons (Fsp3) is 0.267. The van der Waals surface area contributed by atoms with Crippen molar-refractivity contribution in [2.45, 2.75) is 47.2 Å². The molecule has 0 saturated carbocycles. The van der Waals surface area contributed by atoms with E-state index < -0.39 is 0 Å². The largest absolute Gasteiger partial charge is 0.347 e. The fourth-order valence-corrected chi connectivity index (χ4v) is 4.30. The lowest BCUT2D eigenvalue weighted by Gasteiger charge is -2.14. The highest BCUT2D eigenvalue weighted by molar-refractivity contribution is 6.00. The van der Waals surface area contributed by atoms with Crippen molar-refractivity contribution in [1.82, 2.24) is 9.88 Å². The second-order valence-corrected chi connectivity index (χ2v) is 9.63. The molecular formula is C30H33N3O2. The highest BCUT2D eigenvalue weighted by Crippen LogP contribution is 2.26. The Morgan fingerprint density at radius 2 is 1.69 bits per heavy atom. The Labute approximate surface area is 207 Å². The zero-order chi connectivity index (χ0) is 24.9. The number of rotatable bonds is 8. The summed E-state index contributed by atoms with van der Waals surface area (Å²) in [6, 6.07) is 24.0. The van der Waals surface area contributed by atoms with Crippen molar-refractivity contribution in [3.05, 3.63) is 101 Å². The number of carbonyl (C=O) groups is 2. The molecule has 1 aromatic heterocycles. The number of anilines is 1. The Kier molecular flexibility index (Phi) is 7.35. The third-order valence-corrected chi connectivity index (χ3v) is 6.14. The van der Waals surface area contributed by atoms with E-state index in [2.05, 4.69) is 47.2 Å². The van der Waals surface area contributed by atoms with Crippen molar-refractivity contribution in [2.24, 2.45) is 5.92 Å². The van der Waals surface area contributed by atoms with Gasteiger partial charge in [0.05, 0.1) is 0 Å². The molecule has 4 rings (SSSR count). The zero-order valence-electron chi connectivity index (χ0n) is 20.9. The van der Waals surface area contributed by atoms with Crippen LogP contribution in [0.1, 0.15) is 53.0 Å². The molecule has 0 radical (unpaired) electrons. The summed E-state index contributed by atoms with van der Waals surface area (Å²) in [5.41, 5.74) is 6.89. The van der Waals surface area contributed by atoms with Gasteiger partial charge in [0.15, 0.2) is 0 Å². The molecule has 0 bridgehead atoms. The summed E-state index contributed by atoms with van der Waals surface area (Å²) in [6.07, 6.45) is 0.471. The van der Waals surface area contributed by atoms with E-state index in [1.807, 2.05) is 68.4 Å². The van der Waals surface area contributed by atoms with Gasteiger partial charge in [0.1, 0.15) is 5.69 Å². The number of amides is 2. The first-order chi connectivity index (χ1) is 16.8. The number of fused-ring (bicyclic) bond motifs is 1. The molecule has 180 valence electrons. The molecule has 0 fully saturated rings. The fourth-order valence-electron chi connectivity index (χ4n) is 4.30. The van der Waals surface area contributed by atoms with Crippen LogP contribution in [0.3, 0.4) is 0 Å². The number of nitrogens with zero attached hydrogens (tertiary/aromatic N) is 1. The first-order valence-corrected chi connectivity index (χ1v) is 12.1. The number of aryl methyl sites for hydroxylation is 2. The van der Waals surface area contributed by atoms with Crippen LogP contribution in [0, 0.1) is 19.8 Å². The molecule has 0 spiro atoms. The van der Waals surface area contributed by atoms with E-state index in [9.17, 15) is 9.59 Å². The first kappa shape index (κ1) is 24.3. The van der Waals surface area contributed by atoms with Gasteiger partial charge in [0, 0.05) is 36.1 Å². The standard InChI is InChI=1S/C30H33N3O2/c1-20(2)14-29(34)32-26-12-13-27-24(16-26)17-28(30(35)31-18-23-8-6-5-7-9-23)33(27)19-25-15-21(3)10-11-22(25)4/h5-13,15-17,20H,14,18-19H2,1-4H3,(H,31,35)(H,32,34). The molecule has 0 unspecified atom stereocenters. The molecule has 0 saturated heterocycles. The van der Waals surface area contributed by atoms with Gasteiger partial charge in [-0.25, -0.2) is 0 Å². The summed E-state index contributed by atoms with van der Waals surface area (Å²) in [5, 5.41) is 6.97. The maximum Gasteiger partial charge on any atom is 0.268 e. The van der Waals surface area contributed by atoms with E-state index in [4.69, 9.17) is 0 Å². The van der Waals surface area contributed by atoms with Crippen LogP contribution in [-0.4, -0.2) is 16.4 Å². The van der Waals surface area contributed by atoms with Gasteiger partial charge in [-0.2, -0.15) is 0 Å². The van der Waals surface area contributed by atoms with Crippen molar-refractivity contribution >= 4 is 28.4 Å². The van der Waals surface area contributed by atoms with Crippen molar-refractivity contribution in [3.8, 4) is 0 Å². The van der Waals surface area contributed by atoms with Gasteiger partial charge < -0.3 is 15.2 Å². The molecule has 2 N–H and O–H groups in total. The lowest BCUT2D eigenvalue weighted by Crippen LogP contribution is -2.25. The van der Waals surface area contributed by atoms with Crippen LogP contribution in [0.2, 0.25) is 0 Å². The topological polar surface area (TPSA) is 63.1 Å². The molecule has 2 amide bonds. The molecule has 0 aliphatic heterocycles. The van der Waals surface area contributed by atoms with E-state index in [1.54, 1.807) is 0 Å². The Hall–Kier alpha value is -3.86. The molecule has 35 heavy (non-hydrogen) atoms. The molecule has 0 aliphatic rings. The van der Waals surface area contributed by atoms with E-state index >= 15 is 0 Å². The summed E-state index contributed by atoms with van der Waals surface area (Å²) >= 11 is 0. The SMILES string of the molecule is Cc1ccc(C)c(Cn2c(C(=O)NCc3ccccc3)cc3cc(NC(=O)CC(C)C)ccc32)c1. The number of hydrogen-bond acceptors (Lipinski definition) is 2. The Bertz CT molecular complexity index is 1350. The van der Waals surface area contributed by atoms with Gasteiger partial charge in [-0.1, -0.05) is 67.9 Å². The first-order valence-electron chi connectivity index (χ1n) is 12.1. The summed E-state index contributed by atoms with van der Waals surface area (Å²) in [5.74, 6) is 0.160. The Morgan fingerprint density at radius 1 is 0.914 bits per heavy atom. The summed E-state index contributed by atoms with van der Waals surface area (Å²) in [4.78, 5) is 25.6. The minimum Gasteiger partial charge on any atom is -0.347 e. The lowest BCUT2D eigenvalue weighted by molar-refractivity contribution is -0.116. The van der Waals surface area contributed by atoms with Crippen molar-refractivity contribution in [3.63, 3.8) is 0 Å². The van der Waals surface area contributed by atoms with Gasteiger partial charge in [-0.15, -0.1) is 0 Å². The third kappa shape index (κ3) is 5.99. The Morgan fingerprint density at radius 3 is 2.43 bits per heavy atom. The van der Waals surface area contributed by atoms with Gasteiger partial charge in [-0.3, -0.25) is 9.59 Å². The van der Waals surface area contributed by atoms with Crippen molar-refractivity contribution in [1.29, 1.82) is 0 Å². The van der Waals surface area contributed by atoms with Gasteiger partial charge in [0.2, 0.25) is 5.91 Å². The number of hydrogen-bond donors (Lipinski definition) is 2. The highest BCUT2D eigenvalue weighted by atomic mass is 16.2. The minimum absolute atomic E-state index is 0.00463. The summed E-state index contributed by atoms with van der Waals surface area (Å²) in [6.45, 7) is 9.27. The highest BCUT2D eigenvalue weighted by Gasteiger charge is 2.17. The molecule has 3 aromatic carbocycles. The number of carbonyl (C=O) groups excluding carboxylic acids is 2. The van der Waals surface area contributed by atoms with Crippen LogP contribution in [-0.2, 0) is 17.9 Å². The van der Waals surface area contributed by atoms with E-state index in [0.29, 0.717) is 25.2 Å². The molecule has 0 atom stereocenters. The van der Waals surface area contributed by atoms with Crippen molar-refractivity contribution < 1.29 is 9.59 Å². The van der Waals surface area contributed by atoms with Gasteiger partial charge in [-0.05, 0) is 60.7 Å². The normalized spacial score (nSPS) is 11.1. The zero-order valence-corrected chi connectivity index (χ0v) is 20.9. The second kappa shape index (κ2) is 10.6. The maximum absolute atomic E-state index is 13.3. The molecule has 5 heteroatoms. The third-order valence-electron chi connectivity index (χ3n) is 6.14. The predicted molar refractivity (Wildman–Crippen MR) is 143 cm³/mol. The van der Waals surface area contributed by atoms with Crippen LogP contribution >= 0.6 is 0 Å². The second-order valence-electron chi connectivity index (χ2n) is 9.63. The number of aromatic nitrogens is 1. The lowest BCUT2D eigenvalue weighted by atomic mass is 10.1. The molecule has 0 aliphatic carbocycles. The van der Waals surface area contributed by atoms with Crippen LogP contribution in [0.25, 0.3) is 10.9 Å². The average molecular weight is 468 g/mol. The Balaban J connectivity index is 1.69. The van der Waals surface area contributed by atoms with Crippen LogP contribution < -0.4 is 10.6 Å². The van der Waals surface area contributed by atoms with Crippen LogP contribution in [0.4, 0.5) is 5.69 Å². The van der Waals surface area contributed by atoms with Crippen LogP contribution in [0.15, 0.2) is 72.8 Å². The monoisotopic (exact) mass is 467 g/mol. The van der Waals surface area contributed by atoms with Crippen molar-refractivity contribution in [2.75, 3.05) is 5.32 Å². The van der Waals surface area contributed by atoms with E-state index in [0.717, 1.165) is 22.2 Å². The molecule has 5 nitrogen and oxygen atoms in total. The van der Waals surface area contributed by atoms with E-state index in [1.165, 1.54) is 16.7 Å². The number of benzene rings is 3. The number of nitrogens with one attached hydrogen (secondary N) is 2. The smallest absolute Gasteiger partial charge is 0.268 e. The quantitative estimate of drug-likeness (QED) is 0.323. The maximum atomic E-state index is 13.3. The molecule has 4 aromatic rings.